The Balaban J connectivity index is 3.17. The van der Waals surface area contributed by atoms with Crippen LogP contribution in [-0.2, 0) is 13.0 Å². The zero-order chi connectivity index (χ0) is 10.9. The number of aliphatic hydroxyl groups is 1. The van der Waals surface area contributed by atoms with E-state index in [-0.39, 0.29) is 16.4 Å². The van der Waals surface area contributed by atoms with Gasteiger partial charge in [0.25, 0.3) is 5.92 Å². The molecule has 0 atom stereocenters. The van der Waals surface area contributed by atoms with Gasteiger partial charge in [-0.25, -0.2) is 8.78 Å². The zero-order valence-corrected chi connectivity index (χ0v) is 8.65. The molecule has 0 aromatic carbocycles. The highest BCUT2D eigenvalue weighted by Crippen LogP contribution is 2.37. The summed E-state index contributed by atoms with van der Waals surface area (Å²) >= 11 is 5.67. The molecular weight excluding hydrogens is 214 g/mol. The molecular formula is C8H11ClF2N2O. The van der Waals surface area contributed by atoms with E-state index in [9.17, 15) is 8.78 Å². The molecule has 1 heterocycles. The van der Waals surface area contributed by atoms with E-state index in [2.05, 4.69) is 5.10 Å². The van der Waals surface area contributed by atoms with Gasteiger partial charge in [0.15, 0.2) is 0 Å². The van der Waals surface area contributed by atoms with Crippen LogP contribution in [0.5, 0.6) is 0 Å². The van der Waals surface area contributed by atoms with Gasteiger partial charge in [0.05, 0.1) is 11.3 Å². The Morgan fingerprint density at radius 2 is 2.14 bits per heavy atom. The first kappa shape index (κ1) is 11.4. The molecule has 0 saturated heterocycles. The van der Waals surface area contributed by atoms with Crippen molar-refractivity contribution in [2.24, 2.45) is 7.05 Å². The van der Waals surface area contributed by atoms with Crippen molar-refractivity contribution in [3.63, 3.8) is 0 Å². The number of alkyl halides is 2. The summed E-state index contributed by atoms with van der Waals surface area (Å²) in [7, 11) is 1.49. The fraction of sp³-hybridized carbons (Fsp3) is 0.625. The largest absolute Gasteiger partial charge is 0.396 e. The van der Waals surface area contributed by atoms with Crippen LogP contribution >= 0.6 is 11.6 Å². The van der Waals surface area contributed by atoms with E-state index < -0.39 is 19.0 Å². The van der Waals surface area contributed by atoms with E-state index in [0.717, 1.165) is 0 Å². The molecule has 14 heavy (non-hydrogen) atoms. The summed E-state index contributed by atoms with van der Waals surface area (Å²) in [5, 5.41) is 12.2. The van der Waals surface area contributed by atoms with Crippen LogP contribution in [0.15, 0.2) is 0 Å². The quantitative estimate of drug-likeness (QED) is 0.851. The van der Waals surface area contributed by atoms with Gasteiger partial charge >= 0.3 is 0 Å². The summed E-state index contributed by atoms with van der Waals surface area (Å²) in [5.41, 5.74) is -0.105. The van der Waals surface area contributed by atoms with E-state index in [4.69, 9.17) is 16.7 Å². The number of aryl methyl sites for hydroxylation is 2. The van der Waals surface area contributed by atoms with Crippen LogP contribution in [0, 0.1) is 6.92 Å². The van der Waals surface area contributed by atoms with E-state index >= 15 is 0 Å². The first-order valence-corrected chi connectivity index (χ1v) is 4.46. The lowest BCUT2D eigenvalue weighted by atomic mass is 10.1. The number of aromatic nitrogens is 2. The number of nitrogens with zero attached hydrogens (tertiary/aromatic N) is 2. The van der Waals surface area contributed by atoms with Crippen LogP contribution in [0.4, 0.5) is 8.78 Å². The van der Waals surface area contributed by atoms with Crippen molar-refractivity contribution in [2.45, 2.75) is 19.3 Å². The molecule has 0 spiro atoms. The Labute approximate surface area is 85.3 Å². The summed E-state index contributed by atoms with van der Waals surface area (Å²) in [6.45, 7) is 0.879. The highest BCUT2D eigenvalue weighted by atomic mass is 35.5. The van der Waals surface area contributed by atoms with Gasteiger partial charge in [0.1, 0.15) is 5.15 Å². The van der Waals surface area contributed by atoms with E-state index in [1.165, 1.54) is 18.7 Å². The minimum atomic E-state index is -3.12. The van der Waals surface area contributed by atoms with Crippen molar-refractivity contribution in [1.82, 2.24) is 9.78 Å². The van der Waals surface area contributed by atoms with Crippen LogP contribution in [0.3, 0.4) is 0 Å². The molecule has 0 bridgehead atoms. The predicted octanol–water partition coefficient (Wildman–Crippen LogP) is 1.86. The van der Waals surface area contributed by atoms with Gasteiger partial charge in [-0.15, -0.1) is 0 Å². The minimum absolute atomic E-state index is 0.0825. The van der Waals surface area contributed by atoms with E-state index in [0.29, 0.717) is 0 Å². The molecule has 0 aliphatic heterocycles. The molecule has 0 radical (unpaired) electrons. The average Bonchev–Trinajstić information content (AvgIpc) is 2.26. The molecule has 6 heteroatoms. The summed E-state index contributed by atoms with van der Waals surface area (Å²) in [4.78, 5) is 0. The standard InChI is InChI=1S/C8H11ClF2N2O/c1-5-6(7(9)13(2)12-5)8(10,11)3-4-14/h14H,3-4H2,1-2H3. The molecule has 0 aliphatic rings. The second-order valence-electron chi connectivity index (χ2n) is 3.05. The second kappa shape index (κ2) is 3.82. The van der Waals surface area contributed by atoms with Crippen LogP contribution < -0.4 is 0 Å². The number of rotatable bonds is 3. The lowest BCUT2D eigenvalue weighted by Gasteiger charge is -2.14. The molecule has 1 N–H and O–H groups in total. The third-order valence-corrected chi connectivity index (χ3v) is 2.38. The fourth-order valence-electron chi connectivity index (χ4n) is 1.31. The normalized spacial score (nSPS) is 12.1. The first-order chi connectivity index (χ1) is 6.40. The predicted molar refractivity (Wildman–Crippen MR) is 48.6 cm³/mol. The molecule has 0 amide bonds. The Morgan fingerprint density at radius 3 is 2.50 bits per heavy atom. The highest BCUT2D eigenvalue weighted by molar-refractivity contribution is 6.30. The molecule has 1 aromatic rings. The number of hydrogen-bond acceptors (Lipinski definition) is 2. The Hall–Kier alpha value is -0.680. The van der Waals surface area contributed by atoms with E-state index in [1.54, 1.807) is 0 Å². The Kier molecular flexibility index (Phi) is 3.11. The topological polar surface area (TPSA) is 38.0 Å². The Morgan fingerprint density at radius 1 is 1.57 bits per heavy atom. The minimum Gasteiger partial charge on any atom is -0.396 e. The van der Waals surface area contributed by atoms with Crippen molar-refractivity contribution in [3.05, 3.63) is 16.4 Å². The van der Waals surface area contributed by atoms with E-state index in [1.807, 2.05) is 0 Å². The average molecular weight is 225 g/mol. The zero-order valence-electron chi connectivity index (χ0n) is 7.89. The van der Waals surface area contributed by atoms with Crippen molar-refractivity contribution in [3.8, 4) is 0 Å². The van der Waals surface area contributed by atoms with Gasteiger partial charge in [0.2, 0.25) is 0 Å². The third-order valence-electron chi connectivity index (χ3n) is 1.94. The van der Waals surface area contributed by atoms with Crippen LogP contribution in [0.25, 0.3) is 0 Å². The lowest BCUT2D eigenvalue weighted by Crippen LogP contribution is -2.16. The van der Waals surface area contributed by atoms with Gasteiger partial charge in [-0.2, -0.15) is 5.10 Å². The van der Waals surface area contributed by atoms with Crippen molar-refractivity contribution in [2.75, 3.05) is 6.61 Å². The first-order valence-electron chi connectivity index (χ1n) is 4.08. The molecule has 0 aliphatic carbocycles. The number of aliphatic hydroxyl groups excluding tert-OH is 1. The summed E-state index contributed by atoms with van der Waals surface area (Å²) in [5.74, 6) is -3.12. The summed E-state index contributed by atoms with van der Waals surface area (Å²) < 4.78 is 28.0. The van der Waals surface area contributed by atoms with Gasteiger partial charge in [-0.1, -0.05) is 11.6 Å². The van der Waals surface area contributed by atoms with Gasteiger partial charge in [0, 0.05) is 20.1 Å². The van der Waals surface area contributed by atoms with Gasteiger partial charge < -0.3 is 5.11 Å². The van der Waals surface area contributed by atoms with Crippen molar-refractivity contribution < 1.29 is 13.9 Å². The molecule has 0 unspecified atom stereocenters. The second-order valence-corrected chi connectivity index (χ2v) is 3.41. The molecule has 1 rings (SSSR count). The summed E-state index contributed by atoms with van der Waals surface area (Å²) in [6, 6.07) is 0. The smallest absolute Gasteiger partial charge is 0.280 e. The van der Waals surface area contributed by atoms with Gasteiger partial charge in [-0.05, 0) is 6.92 Å². The molecule has 0 fully saturated rings. The van der Waals surface area contributed by atoms with Crippen molar-refractivity contribution >= 4 is 11.6 Å². The highest BCUT2D eigenvalue weighted by Gasteiger charge is 2.37. The number of hydrogen-bond donors (Lipinski definition) is 1. The molecule has 1 aromatic heterocycles. The maximum atomic E-state index is 13.4. The Bertz CT molecular complexity index is 338. The van der Waals surface area contributed by atoms with Crippen molar-refractivity contribution in [1.29, 1.82) is 0 Å². The molecule has 0 saturated carbocycles. The molecule has 80 valence electrons. The van der Waals surface area contributed by atoms with Crippen LogP contribution in [0.1, 0.15) is 17.7 Å². The number of halogens is 3. The van der Waals surface area contributed by atoms with Crippen LogP contribution in [0.2, 0.25) is 5.15 Å². The molecule has 3 nitrogen and oxygen atoms in total. The SMILES string of the molecule is Cc1nn(C)c(Cl)c1C(F)(F)CCO. The fourth-order valence-corrected chi connectivity index (χ4v) is 1.62. The third kappa shape index (κ3) is 1.88. The lowest BCUT2D eigenvalue weighted by molar-refractivity contribution is -0.0274. The maximum Gasteiger partial charge on any atom is 0.280 e. The van der Waals surface area contributed by atoms with Crippen LogP contribution in [-0.4, -0.2) is 21.5 Å². The summed E-state index contributed by atoms with van der Waals surface area (Å²) in [6.07, 6.45) is -0.640. The maximum absolute atomic E-state index is 13.4. The monoisotopic (exact) mass is 224 g/mol. The van der Waals surface area contributed by atoms with Gasteiger partial charge in [-0.3, -0.25) is 4.68 Å².